The lowest BCUT2D eigenvalue weighted by atomic mass is 9.95. The Morgan fingerprint density at radius 1 is 0.590 bits per heavy atom. The predicted molar refractivity (Wildman–Crippen MR) is 169 cm³/mol. The van der Waals surface area contributed by atoms with Crippen molar-refractivity contribution in [1.29, 1.82) is 0 Å². The highest BCUT2D eigenvalue weighted by Crippen LogP contribution is 2.34. The molecule has 0 atom stereocenters. The molecule has 0 heterocycles. The third-order valence-electron chi connectivity index (χ3n) is 7.22. The van der Waals surface area contributed by atoms with E-state index >= 15 is 0 Å². The largest absolute Gasteiger partial charge is 0.405 e. The smallest absolute Gasteiger partial charge is 0.0463 e. The van der Waals surface area contributed by atoms with Crippen LogP contribution in [-0.2, 0) is 0 Å². The molecule has 3 N–H and O–H groups in total. The lowest BCUT2D eigenvalue weighted by molar-refractivity contribution is 1.54. The molecule has 0 saturated heterocycles. The van der Waals surface area contributed by atoms with E-state index in [9.17, 15) is 0 Å². The molecule has 0 unspecified atom stereocenters. The van der Waals surface area contributed by atoms with Crippen LogP contribution in [0.15, 0.2) is 146 Å². The van der Waals surface area contributed by atoms with Crippen molar-refractivity contribution in [2.45, 2.75) is 6.92 Å². The molecule has 0 spiro atoms. The van der Waals surface area contributed by atoms with E-state index in [1.54, 1.807) is 6.20 Å². The Kier molecular flexibility index (Phi) is 6.67. The van der Waals surface area contributed by atoms with Crippen LogP contribution in [0.25, 0.3) is 49.4 Å². The molecule has 0 aromatic heterocycles. The van der Waals surface area contributed by atoms with Gasteiger partial charge >= 0.3 is 0 Å². The van der Waals surface area contributed by atoms with E-state index in [0.717, 1.165) is 11.4 Å². The zero-order chi connectivity index (χ0) is 26.6. The predicted octanol–water partition coefficient (Wildman–Crippen LogP) is 9.95. The van der Waals surface area contributed by atoms with Crippen LogP contribution in [0.2, 0.25) is 0 Å². The lowest BCUT2D eigenvalue weighted by Crippen LogP contribution is -1.93. The molecule has 6 rings (SSSR count). The van der Waals surface area contributed by atoms with Crippen molar-refractivity contribution in [2.24, 2.45) is 5.73 Å². The average molecular weight is 503 g/mol. The van der Waals surface area contributed by atoms with Gasteiger partial charge in [-0.25, -0.2) is 0 Å². The highest BCUT2D eigenvalue weighted by molar-refractivity contribution is 5.94. The zero-order valence-electron chi connectivity index (χ0n) is 21.9. The van der Waals surface area contributed by atoms with E-state index in [2.05, 4.69) is 140 Å². The number of hydrogen-bond donors (Lipinski definition) is 2. The first-order valence-corrected chi connectivity index (χ1v) is 13.2. The summed E-state index contributed by atoms with van der Waals surface area (Å²) >= 11 is 0. The third-order valence-corrected chi connectivity index (χ3v) is 7.22. The number of benzene rings is 6. The van der Waals surface area contributed by atoms with Gasteiger partial charge in [0.1, 0.15) is 0 Å². The van der Waals surface area contributed by atoms with Crippen molar-refractivity contribution < 1.29 is 0 Å². The summed E-state index contributed by atoms with van der Waals surface area (Å²) in [6.07, 6.45) is 5.46. The molecular weight excluding hydrogens is 472 g/mol. The standard InChI is InChI=1S/C37H30N2/c1-26(8-7-21-38)28-11-6-12-29(22-28)31-15-16-33-24-34(18-17-32(33)23-31)36-13-4-5-14-37(36)39-35-20-19-27-9-2-3-10-30(27)25-35/h2-25,39H,38H2,1H3/b21-7-,26-8+. The molecule has 6 aromatic rings. The number of rotatable bonds is 6. The van der Waals surface area contributed by atoms with Crippen molar-refractivity contribution in [2.75, 3.05) is 5.32 Å². The van der Waals surface area contributed by atoms with E-state index in [-0.39, 0.29) is 0 Å². The molecule has 0 fully saturated rings. The lowest BCUT2D eigenvalue weighted by Gasteiger charge is -2.14. The Morgan fingerprint density at radius 2 is 1.26 bits per heavy atom. The molecule has 0 aliphatic carbocycles. The molecule has 6 aromatic carbocycles. The van der Waals surface area contributed by atoms with Gasteiger partial charge in [0.15, 0.2) is 0 Å². The Balaban J connectivity index is 1.31. The maximum absolute atomic E-state index is 5.51. The van der Waals surface area contributed by atoms with E-state index < -0.39 is 0 Å². The fourth-order valence-electron chi connectivity index (χ4n) is 5.10. The molecule has 2 heteroatoms. The highest BCUT2D eigenvalue weighted by Gasteiger charge is 2.08. The van der Waals surface area contributed by atoms with Gasteiger partial charge in [-0.2, -0.15) is 0 Å². The average Bonchev–Trinajstić information content (AvgIpc) is 2.99. The van der Waals surface area contributed by atoms with Crippen molar-refractivity contribution in [3.05, 3.63) is 151 Å². The monoisotopic (exact) mass is 502 g/mol. The summed E-state index contributed by atoms with van der Waals surface area (Å²) in [5.41, 5.74) is 14.8. The molecule has 39 heavy (non-hydrogen) atoms. The van der Waals surface area contributed by atoms with Gasteiger partial charge in [-0.15, -0.1) is 0 Å². The first kappa shape index (κ1) is 24.3. The molecule has 0 aliphatic heterocycles. The van der Waals surface area contributed by atoms with Crippen molar-refractivity contribution in [3.63, 3.8) is 0 Å². The molecular formula is C37H30N2. The van der Waals surface area contributed by atoms with Gasteiger partial charge in [0.2, 0.25) is 0 Å². The maximum atomic E-state index is 5.51. The molecule has 0 aliphatic rings. The maximum Gasteiger partial charge on any atom is 0.0463 e. The first-order valence-electron chi connectivity index (χ1n) is 13.2. The minimum atomic E-state index is 1.08. The summed E-state index contributed by atoms with van der Waals surface area (Å²) in [5, 5.41) is 8.57. The van der Waals surface area contributed by atoms with Crippen molar-refractivity contribution in [3.8, 4) is 22.3 Å². The summed E-state index contributed by atoms with van der Waals surface area (Å²) in [6.45, 7) is 2.10. The van der Waals surface area contributed by atoms with Crippen LogP contribution in [0.3, 0.4) is 0 Å². The Hall–Kier alpha value is -5.08. The molecule has 188 valence electrons. The van der Waals surface area contributed by atoms with E-state index in [1.807, 2.05) is 12.2 Å². The normalized spacial score (nSPS) is 11.9. The molecule has 0 saturated carbocycles. The van der Waals surface area contributed by atoms with Crippen molar-refractivity contribution >= 4 is 38.5 Å². The van der Waals surface area contributed by atoms with Crippen molar-refractivity contribution in [1.82, 2.24) is 0 Å². The summed E-state index contributed by atoms with van der Waals surface area (Å²) in [4.78, 5) is 0. The van der Waals surface area contributed by atoms with Gasteiger partial charge in [0, 0.05) is 16.9 Å². The SMILES string of the molecule is C/C(=C\C=C/N)c1cccc(-c2ccc3cc(-c4ccccc4Nc4ccc5ccccc5c4)ccc3c2)c1. The number of nitrogens with one attached hydrogen (secondary N) is 1. The van der Waals surface area contributed by atoms with Gasteiger partial charge in [0.05, 0.1) is 0 Å². The molecule has 0 bridgehead atoms. The van der Waals surface area contributed by atoms with E-state index in [0.29, 0.717) is 0 Å². The fourth-order valence-corrected chi connectivity index (χ4v) is 5.10. The third kappa shape index (κ3) is 5.18. The minimum absolute atomic E-state index is 1.08. The zero-order valence-corrected chi connectivity index (χ0v) is 21.9. The van der Waals surface area contributed by atoms with Gasteiger partial charge in [-0.05, 0) is 105 Å². The Morgan fingerprint density at radius 3 is 2.10 bits per heavy atom. The van der Waals surface area contributed by atoms with Gasteiger partial charge in [-0.1, -0.05) is 97.1 Å². The fraction of sp³-hybridized carbons (Fsp3) is 0.0270. The van der Waals surface area contributed by atoms with Crippen LogP contribution in [0.5, 0.6) is 0 Å². The van der Waals surface area contributed by atoms with Crippen LogP contribution >= 0.6 is 0 Å². The van der Waals surface area contributed by atoms with Gasteiger partial charge < -0.3 is 11.1 Å². The Bertz CT molecular complexity index is 1860. The number of para-hydroxylation sites is 1. The van der Waals surface area contributed by atoms with Crippen LogP contribution in [-0.4, -0.2) is 0 Å². The van der Waals surface area contributed by atoms with Crippen LogP contribution in [0.1, 0.15) is 12.5 Å². The van der Waals surface area contributed by atoms with E-state index in [1.165, 1.54) is 54.9 Å². The van der Waals surface area contributed by atoms with Gasteiger partial charge in [-0.3, -0.25) is 0 Å². The second-order valence-electron chi connectivity index (χ2n) is 9.82. The minimum Gasteiger partial charge on any atom is -0.405 e. The summed E-state index contributed by atoms with van der Waals surface area (Å²) < 4.78 is 0. The second kappa shape index (κ2) is 10.7. The molecule has 0 amide bonds. The number of anilines is 2. The molecule has 0 radical (unpaired) electrons. The Labute approximate surface area is 229 Å². The summed E-state index contributed by atoms with van der Waals surface area (Å²) in [7, 11) is 0. The first-order chi connectivity index (χ1) is 19.2. The van der Waals surface area contributed by atoms with Crippen LogP contribution < -0.4 is 11.1 Å². The topological polar surface area (TPSA) is 38.0 Å². The number of fused-ring (bicyclic) bond motifs is 2. The number of nitrogens with two attached hydrogens (primary N) is 1. The number of allylic oxidation sites excluding steroid dienone is 3. The summed E-state index contributed by atoms with van der Waals surface area (Å²) in [6, 6.07) is 45.5. The second-order valence-corrected chi connectivity index (χ2v) is 9.82. The molecule has 2 nitrogen and oxygen atoms in total. The highest BCUT2D eigenvalue weighted by atomic mass is 14.9. The van der Waals surface area contributed by atoms with E-state index in [4.69, 9.17) is 5.73 Å². The van der Waals surface area contributed by atoms with Crippen LogP contribution in [0, 0.1) is 0 Å². The van der Waals surface area contributed by atoms with Gasteiger partial charge in [0.25, 0.3) is 0 Å². The number of hydrogen-bond acceptors (Lipinski definition) is 2. The van der Waals surface area contributed by atoms with Crippen LogP contribution in [0.4, 0.5) is 11.4 Å². The quantitative estimate of drug-likeness (QED) is 0.222. The summed E-state index contributed by atoms with van der Waals surface area (Å²) in [5.74, 6) is 0.